The summed E-state index contributed by atoms with van der Waals surface area (Å²) in [5.74, 6) is -3.18. The molecular formula is C24H24BNO8. The lowest BCUT2D eigenvalue weighted by atomic mass is 9.55. The fourth-order valence-corrected chi connectivity index (χ4v) is 5.78. The molecule has 2 heterocycles. The molecule has 2 saturated heterocycles. The van der Waals surface area contributed by atoms with Gasteiger partial charge in [0.1, 0.15) is 5.75 Å². The van der Waals surface area contributed by atoms with E-state index in [1.165, 1.54) is 7.11 Å². The number of carbonyl (C=O) groups excluding carboxylic acids is 3. The number of amides is 3. The van der Waals surface area contributed by atoms with Crippen molar-refractivity contribution in [3.63, 3.8) is 0 Å². The van der Waals surface area contributed by atoms with Gasteiger partial charge in [-0.3, -0.25) is 9.59 Å². The molecular weight excluding hydrogens is 441 g/mol. The molecule has 0 unspecified atom stereocenters. The van der Waals surface area contributed by atoms with Crippen LogP contribution in [0.15, 0.2) is 47.4 Å². The maximum Gasteiger partial charge on any atom is 0.487 e. The van der Waals surface area contributed by atoms with E-state index in [1.54, 1.807) is 18.2 Å². The third kappa shape index (κ3) is 3.33. The molecule has 0 radical (unpaired) electrons. The SMILES string of the molecule is COCC1=C2B(O)O[C@H](c3ccc(O)c4ccccc34)C[C@H]2[C@H]2C(=O)N(C(=O)OC)C(=O)[C@H]2C1. The standard InChI is InChI=1S/C24H24BNO8/c1-32-11-12-9-17-20(23(29)26(22(17)28)24(30)33-2)16-10-19(34-25(31)21(12)16)15-7-8-18(27)14-6-4-3-5-13(14)15/h3-8,16-17,19-20,27,31H,9-11H2,1-2H3/t16-,17-,19-,20+/m0/s1. The molecule has 2 N–H and O–H groups in total. The number of ether oxygens (including phenoxy) is 2. The van der Waals surface area contributed by atoms with Gasteiger partial charge in [-0.2, -0.15) is 4.90 Å². The first-order valence-corrected chi connectivity index (χ1v) is 11.1. The number of carbonyl (C=O) groups is 3. The minimum atomic E-state index is -1.31. The van der Waals surface area contributed by atoms with Crippen LogP contribution in [0.1, 0.15) is 24.5 Å². The molecule has 176 valence electrons. The van der Waals surface area contributed by atoms with Crippen molar-refractivity contribution < 1.29 is 38.6 Å². The van der Waals surface area contributed by atoms with Crippen LogP contribution in [-0.2, 0) is 23.7 Å². The van der Waals surface area contributed by atoms with Crippen LogP contribution in [0.2, 0.25) is 0 Å². The van der Waals surface area contributed by atoms with Crippen molar-refractivity contribution in [1.82, 2.24) is 4.90 Å². The number of phenols is 1. The summed E-state index contributed by atoms with van der Waals surface area (Å²) in [6, 6.07) is 10.6. The van der Waals surface area contributed by atoms with E-state index in [9.17, 15) is 24.5 Å². The maximum atomic E-state index is 13.3. The number of rotatable bonds is 3. The lowest BCUT2D eigenvalue weighted by Gasteiger charge is -2.42. The summed E-state index contributed by atoms with van der Waals surface area (Å²) in [7, 11) is 1.32. The molecule has 4 atom stereocenters. The number of benzene rings is 2. The van der Waals surface area contributed by atoms with Gasteiger partial charge in [0.05, 0.1) is 31.7 Å². The highest BCUT2D eigenvalue weighted by Crippen LogP contribution is 2.52. The quantitative estimate of drug-likeness (QED) is 0.524. The summed E-state index contributed by atoms with van der Waals surface area (Å²) in [6.07, 6.45) is -1.11. The molecule has 2 aliphatic heterocycles. The Morgan fingerprint density at radius 2 is 1.85 bits per heavy atom. The molecule has 2 aromatic rings. The number of likely N-dealkylation sites (tertiary alicyclic amines) is 1. The van der Waals surface area contributed by atoms with Crippen molar-refractivity contribution in [1.29, 1.82) is 0 Å². The van der Waals surface area contributed by atoms with Gasteiger partial charge in [-0.1, -0.05) is 30.3 Å². The zero-order valence-corrected chi connectivity index (χ0v) is 18.8. The van der Waals surface area contributed by atoms with E-state index in [2.05, 4.69) is 4.74 Å². The van der Waals surface area contributed by atoms with Crippen LogP contribution in [0, 0.1) is 17.8 Å². The first-order chi connectivity index (χ1) is 16.4. The summed E-state index contributed by atoms with van der Waals surface area (Å²) < 4.78 is 16.0. The first-order valence-electron chi connectivity index (χ1n) is 11.1. The molecule has 34 heavy (non-hydrogen) atoms. The number of methoxy groups -OCH3 is 2. The molecule has 10 heteroatoms. The molecule has 3 amide bonds. The van der Waals surface area contributed by atoms with Gasteiger partial charge in [0.25, 0.3) is 0 Å². The van der Waals surface area contributed by atoms with Crippen LogP contribution in [0.5, 0.6) is 5.75 Å². The molecule has 3 aliphatic rings. The summed E-state index contributed by atoms with van der Waals surface area (Å²) in [4.78, 5) is 39.1. The topological polar surface area (TPSA) is 123 Å². The molecule has 2 aromatic carbocycles. The second kappa shape index (κ2) is 8.54. The predicted molar refractivity (Wildman–Crippen MR) is 120 cm³/mol. The molecule has 5 rings (SSSR count). The lowest BCUT2D eigenvalue weighted by Crippen LogP contribution is -2.45. The number of aromatic hydroxyl groups is 1. The molecule has 0 bridgehead atoms. The van der Waals surface area contributed by atoms with Crippen molar-refractivity contribution in [2.45, 2.75) is 18.9 Å². The average molecular weight is 465 g/mol. The highest BCUT2D eigenvalue weighted by atomic mass is 16.5. The van der Waals surface area contributed by atoms with Crippen molar-refractivity contribution >= 4 is 35.8 Å². The van der Waals surface area contributed by atoms with E-state index in [-0.39, 0.29) is 18.8 Å². The molecule has 9 nitrogen and oxygen atoms in total. The van der Waals surface area contributed by atoms with Gasteiger partial charge in [0.2, 0.25) is 11.8 Å². The van der Waals surface area contributed by atoms with E-state index in [0.29, 0.717) is 27.8 Å². The largest absolute Gasteiger partial charge is 0.507 e. The number of phenolic OH excluding ortho intramolecular Hbond substituents is 1. The third-order valence-corrected chi connectivity index (χ3v) is 7.17. The first kappa shape index (κ1) is 22.6. The average Bonchev–Trinajstić information content (AvgIpc) is 3.08. The van der Waals surface area contributed by atoms with E-state index in [1.807, 2.05) is 18.2 Å². The highest BCUT2D eigenvalue weighted by molar-refractivity contribution is 6.53. The van der Waals surface area contributed by atoms with Crippen molar-refractivity contribution in [2.24, 2.45) is 17.8 Å². The minimum absolute atomic E-state index is 0.127. The third-order valence-electron chi connectivity index (χ3n) is 7.17. The Labute approximate surface area is 196 Å². The molecule has 0 aromatic heterocycles. The Hall–Kier alpha value is -3.21. The van der Waals surface area contributed by atoms with Crippen molar-refractivity contribution in [2.75, 3.05) is 20.8 Å². The van der Waals surface area contributed by atoms with Crippen LogP contribution < -0.4 is 0 Å². The smallest absolute Gasteiger partial charge is 0.487 e. The second-order valence-corrected chi connectivity index (χ2v) is 8.85. The second-order valence-electron chi connectivity index (χ2n) is 8.85. The predicted octanol–water partition coefficient (Wildman–Crippen LogP) is 2.36. The van der Waals surface area contributed by atoms with Crippen molar-refractivity contribution in [3.05, 3.63) is 53.0 Å². The lowest BCUT2D eigenvalue weighted by molar-refractivity contribution is -0.137. The van der Waals surface area contributed by atoms with Gasteiger partial charge >= 0.3 is 13.2 Å². The van der Waals surface area contributed by atoms with Crippen LogP contribution in [-0.4, -0.2) is 60.9 Å². The zero-order valence-electron chi connectivity index (χ0n) is 18.8. The number of fused-ring (bicyclic) bond motifs is 4. The number of nitrogens with zero attached hydrogens (tertiary/aromatic N) is 1. The van der Waals surface area contributed by atoms with Gasteiger partial charge in [-0.25, -0.2) is 4.79 Å². The van der Waals surface area contributed by atoms with Gasteiger partial charge in [-0.15, -0.1) is 0 Å². The number of imide groups is 3. The fourth-order valence-electron chi connectivity index (χ4n) is 5.78. The monoisotopic (exact) mass is 465 g/mol. The van der Waals surface area contributed by atoms with Gasteiger partial charge in [0, 0.05) is 12.5 Å². The Bertz CT molecular complexity index is 1230. The minimum Gasteiger partial charge on any atom is -0.507 e. The zero-order chi connectivity index (χ0) is 24.1. The van der Waals surface area contributed by atoms with E-state index in [0.717, 1.165) is 18.1 Å². The Kier molecular flexibility index (Phi) is 5.67. The molecule has 1 aliphatic carbocycles. The molecule has 2 fully saturated rings. The highest BCUT2D eigenvalue weighted by Gasteiger charge is 2.59. The van der Waals surface area contributed by atoms with Crippen LogP contribution in [0.25, 0.3) is 10.8 Å². The number of hydrogen-bond donors (Lipinski definition) is 2. The van der Waals surface area contributed by atoms with Crippen molar-refractivity contribution in [3.8, 4) is 5.75 Å². The summed E-state index contributed by atoms with van der Waals surface area (Å²) >= 11 is 0. The maximum absolute atomic E-state index is 13.3. The van der Waals surface area contributed by atoms with Gasteiger partial charge < -0.3 is 24.3 Å². The van der Waals surface area contributed by atoms with Gasteiger partial charge in [-0.05, 0) is 46.8 Å². The van der Waals surface area contributed by atoms with E-state index in [4.69, 9.17) is 9.39 Å². The van der Waals surface area contributed by atoms with Crippen LogP contribution in [0.4, 0.5) is 4.79 Å². The number of hydrogen-bond acceptors (Lipinski definition) is 8. The fraction of sp³-hybridized carbons (Fsp3) is 0.375. The van der Waals surface area contributed by atoms with E-state index >= 15 is 0 Å². The normalized spacial score (nSPS) is 26.7. The summed E-state index contributed by atoms with van der Waals surface area (Å²) in [5.41, 5.74) is 1.99. The number of allylic oxidation sites excluding steroid dienone is 1. The molecule has 0 spiro atoms. The Morgan fingerprint density at radius 3 is 2.56 bits per heavy atom. The summed E-state index contributed by atoms with van der Waals surface area (Å²) in [5, 5.41) is 22.8. The van der Waals surface area contributed by atoms with Crippen LogP contribution >= 0.6 is 0 Å². The van der Waals surface area contributed by atoms with Crippen LogP contribution in [0.3, 0.4) is 0 Å². The summed E-state index contributed by atoms with van der Waals surface area (Å²) in [6.45, 7) is 0.169. The Morgan fingerprint density at radius 1 is 1.12 bits per heavy atom. The Balaban J connectivity index is 1.59. The van der Waals surface area contributed by atoms with Gasteiger partial charge in [0.15, 0.2) is 0 Å². The molecule has 0 saturated carbocycles. The van der Waals surface area contributed by atoms with E-state index < -0.39 is 48.9 Å².